The van der Waals surface area contributed by atoms with Gasteiger partial charge in [-0.25, -0.2) is 0 Å². The molecule has 17 heavy (non-hydrogen) atoms. The molecule has 1 aromatic carbocycles. The molecule has 0 heterocycles. The van der Waals surface area contributed by atoms with Crippen molar-refractivity contribution in [2.75, 3.05) is 26.1 Å². The molecule has 0 saturated heterocycles. The van der Waals surface area contributed by atoms with Gasteiger partial charge >= 0.3 is 5.97 Å². The van der Waals surface area contributed by atoms with E-state index >= 15 is 0 Å². The van der Waals surface area contributed by atoms with E-state index in [2.05, 4.69) is 22.2 Å². The number of anilines is 1. The largest absolute Gasteiger partial charge is 0.468 e. The Balaban J connectivity index is 2.50. The Kier molecular flexibility index (Phi) is 4.97. The number of hydrogen-bond donors (Lipinski definition) is 1. The number of carbonyl (C=O) groups is 1. The molecular formula is C13H20N2O2. The van der Waals surface area contributed by atoms with Gasteiger partial charge in [-0.3, -0.25) is 4.79 Å². The van der Waals surface area contributed by atoms with Gasteiger partial charge in [0, 0.05) is 26.3 Å². The van der Waals surface area contributed by atoms with Crippen molar-refractivity contribution in [3.63, 3.8) is 0 Å². The van der Waals surface area contributed by atoms with Crippen LogP contribution in [0.4, 0.5) is 5.69 Å². The summed E-state index contributed by atoms with van der Waals surface area (Å²) in [5.41, 5.74) is 2.31. The maximum Gasteiger partial charge on any atom is 0.322 e. The Morgan fingerprint density at radius 1 is 1.35 bits per heavy atom. The maximum atomic E-state index is 11.2. The van der Waals surface area contributed by atoms with Crippen molar-refractivity contribution < 1.29 is 9.53 Å². The summed E-state index contributed by atoms with van der Waals surface area (Å²) in [6.45, 7) is 2.45. The lowest BCUT2D eigenvalue weighted by Crippen LogP contribution is -2.34. The number of hydrogen-bond acceptors (Lipinski definition) is 4. The normalized spacial score (nSPS) is 12.0. The van der Waals surface area contributed by atoms with E-state index in [9.17, 15) is 4.79 Å². The van der Waals surface area contributed by atoms with Crippen molar-refractivity contribution >= 4 is 11.7 Å². The number of ether oxygens (including phenoxy) is 1. The molecule has 4 heteroatoms. The average Bonchev–Trinajstić information content (AvgIpc) is 2.35. The molecule has 0 radical (unpaired) electrons. The maximum absolute atomic E-state index is 11.2. The first-order chi connectivity index (χ1) is 8.04. The van der Waals surface area contributed by atoms with Crippen LogP contribution in [0, 0.1) is 0 Å². The van der Waals surface area contributed by atoms with Crippen LogP contribution in [0.5, 0.6) is 0 Å². The fourth-order valence-electron chi connectivity index (χ4n) is 1.44. The Morgan fingerprint density at radius 2 is 1.94 bits per heavy atom. The van der Waals surface area contributed by atoms with E-state index in [0.29, 0.717) is 6.54 Å². The molecule has 0 spiro atoms. The average molecular weight is 236 g/mol. The van der Waals surface area contributed by atoms with Crippen molar-refractivity contribution in [3.05, 3.63) is 29.8 Å². The highest BCUT2D eigenvalue weighted by atomic mass is 16.5. The first-order valence-electron chi connectivity index (χ1n) is 5.62. The first-order valence-corrected chi connectivity index (χ1v) is 5.62. The van der Waals surface area contributed by atoms with Gasteiger partial charge < -0.3 is 15.0 Å². The fourth-order valence-corrected chi connectivity index (χ4v) is 1.44. The Hall–Kier alpha value is -1.55. The van der Waals surface area contributed by atoms with Gasteiger partial charge in [-0.05, 0) is 24.6 Å². The highest BCUT2D eigenvalue weighted by Crippen LogP contribution is 2.12. The number of nitrogens with one attached hydrogen (secondary N) is 1. The molecule has 4 nitrogen and oxygen atoms in total. The molecule has 0 amide bonds. The van der Waals surface area contributed by atoms with Crippen molar-refractivity contribution in [1.29, 1.82) is 0 Å². The van der Waals surface area contributed by atoms with E-state index < -0.39 is 0 Å². The number of nitrogens with zero attached hydrogens (tertiary/aromatic N) is 1. The lowest BCUT2D eigenvalue weighted by molar-refractivity contribution is -0.142. The predicted molar refractivity (Wildman–Crippen MR) is 69.1 cm³/mol. The van der Waals surface area contributed by atoms with Crippen LogP contribution >= 0.6 is 0 Å². The van der Waals surface area contributed by atoms with Gasteiger partial charge in [-0.15, -0.1) is 0 Å². The van der Waals surface area contributed by atoms with E-state index in [1.165, 1.54) is 7.11 Å². The third-order valence-electron chi connectivity index (χ3n) is 2.62. The second kappa shape index (κ2) is 6.25. The van der Waals surface area contributed by atoms with Crippen LogP contribution in [0.1, 0.15) is 12.5 Å². The van der Waals surface area contributed by atoms with Gasteiger partial charge in [0.1, 0.15) is 6.04 Å². The van der Waals surface area contributed by atoms with Crippen LogP contribution in [0.2, 0.25) is 0 Å². The number of benzene rings is 1. The molecule has 0 aliphatic heterocycles. The Bertz CT molecular complexity index is 360. The molecule has 1 aromatic rings. The number of esters is 1. The zero-order valence-electron chi connectivity index (χ0n) is 10.9. The molecule has 0 aliphatic carbocycles. The predicted octanol–water partition coefficient (Wildman–Crippen LogP) is 1.40. The van der Waals surface area contributed by atoms with Crippen LogP contribution in [0.25, 0.3) is 0 Å². The van der Waals surface area contributed by atoms with Crippen LogP contribution < -0.4 is 10.2 Å². The minimum Gasteiger partial charge on any atom is -0.468 e. The first kappa shape index (κ1) is 13.5. The van der Waals surface area contributed by atoms with Gasteiger partial charge in [-0.2, -0.15) is 0 Å². The second-order valence-electron chi connectivity index (χ2n) is 4.19. The molecule has 0 bridgehead atoms. The SMILES string of the molecule is COC(=O)[C@H](C)NCc1ccc(N(C)C)cc1. The van der Waals surface area contributed by atoms with Gasteiger partial charge in [-0.1, -0.05) is 12.1 Å². The molecule has 94 valence electrons. The molecule has 0 aliphatic rings. The topological polar surface area (TPSA) is 41.6 Å². The summed E-state index contributed by atoms with van der Waals surface area (Å²) in [5, 5.41) is 3.11. The van der Waals surface area contributed by atoms with Crippen LogP contribution in [-0.4, -0.2) is 33.2 Å². The van der Waals surface area contributed by atoms with Gasteiger partial charge in [0.25, 0.3) is 0 Å². The number of carbonyl (C=O) groups excluding carboxylic acids is 1. The van der Waals surface area contributed by atoms with Crippen LogP contribution in [0.15, 0.2) is 24.3 Å². The molecule has 0 saturated carbocycles. The molecule has 0 aromatic heterocycles. The summed E-state index contributed by atoms with van der Waals surface area (Å²) in [7, 11) is 5.41. The summed E-state index contributed by atoms with van der Waals surface area (Å²) in [4.78, 5) is 13.2. The van der Waals surface area contributed by atoms with Crippen molar-refractivity contribution in [1.82, 2.24) is 5.32 Å². The molecule has 0 fully saturated rings. The van der Waals surface area contributed by atoms with Crippen molar-refractivity contribution in [2.45, 2.75) is 19.5 Å². The molecule has 1 atom stereocenters. The molecule has 1 rings (SSSR count). The zero-order valence-corrected chi connectivity index (χ0v) is 10.9. The summed E-state index contributed by atoms with van der Waals surface area (Å²) in [6, 6.07) is 7.92. The Labute approximate surface area is 103 Å². The number of methoxy groups -OCH3 is 1. The van der Waals surface area contributed by atoms with E-state index in [1.807, 2.05) is 31.1 Å². The lowest BCUT2D eigenvalue weighted by Gasteiger charge is -2.14. The highest BCUT2D eigenvalue weighted by molar-refractivity contribution is 5.75. The minimum atomic E-state index is -0.284. The lowest BCUT2D eigenvalue weighted by atomic mass is 10.2. The van der Waals surface area contributed by atoms with E-state index in [4.69, 9.17) is 0 Å². The summed E-state index contributed by atoms with van der Waals surface area (Å²) in [5.74, 6) is -0.241. The fraction of sp³-hybridized carbons (Fsp3) is 0.462. The Morgan fingerprint density at radius 3 is 2.41 bits per heavy atom. The molecule has 1 N–H and O–H groups in total. The van der Waals surface area contributed by atoms with E-state index in [-0.39, 0.29) is 12.0 Å². The van der Waals surface area contributed by atoms with Crippen molar-refractivity contribution in [2.24, 2.45) is 0 Å². The highest BCUT2D eigenvalue weighted by Gasteiger charge is 2.11. The van der Waals surface area contributed by atoms with Crippen LogP contribution in [-0.2, 0) is 16.1 Å². The van der Waals surface area contributed by atoms with E-state index in [1.54, 1.807) is 6.92 Å². The molecule has 0 unspecified atom stereocenters. The van der Waals surface area contributed by atoms with Gasteiger partial charge in [0.2, 0.25) is 0 Å². The smallest absolute Gasteiger partial charge is 0.322 e. The van der Waals surface area contributed by atoms with Gasteiger partial charge in [0.15, 0.2) is 0 Å². The summed E-state index contributed by atoms with van der Waals surface area (Å²) < 4.78 is 4.64. The van der Waals surface area contributed by atoms with Crippen LogP contribution in [0.3, 0.4) is 0 Å². The minimum absolute atomic E-state index is 0.241. The number of rotatable bonds is 5. The molecular weight excluding hydrogens is 216 g/mol. The van der Waals surface area contributed by atoms with E-state index in [0.717, 1.165) is 11.3 Å². The third kappa shape index (κ3) is 4.07. The third-order valence-corrected chi connectivity index (χ3v) is 2.62. The zero-order chi connectivity index (χ0) is 12.8. The standard InChI is InChI=1S/C13H20N2O2/c1-10(13(16)17-4)14-9-11-5-7-12(8-6-11)15(2)3/h5-8,10,14H,9H2,1-4H3/t10-/m0/s1. The summed E-state index contributed by atoms with van der Waals surface area (Å²) >= 11 is 0. The summed E-state index contributed by atoms with van der Waals surface area (Å²) in [6.07, 6.45) is 0. The van der Waals surface area contributed by atoms with Gasteiger partial charge in [0.05, 0.1) is 7.11 Å². The second-order valence-corrected chi connectivity index (χ2v) is 4.19. The van der Waals surface area contributed by atoms with Crippen molar-refractivity contribution in [3.8, 4) is 0 Å². The monoisotopic (exact) mass is 236 g/mol. The quantitative estimate of drug-likeness (QED) is 0.785.